The number of anilines is 1. The van der Waals surface area contributed by atoms with Crippen LogP contribution in [-0.4, -0.2) is 30.8 Å². The highest BCUT2D eigenvalue weighted by Gasteiger charge is 2.09. The van der Waals surface area contributed by atoms with Crippen LogP contribution in [-0.2, 0) is 6.42 Å². The number of hydrogen-bond acceptors (Lipinski definition) is 5. The summed E-state index contributed by atoms with van der Waals surface area (Å²) >= 11 is 0. The minimum Gasteiger partial charge on any atom is -0.393 e. The Morgan fingerprint density at radius 3 is 3.07 bits per heavy atom. The molecule has 2 heterocycles. The molecule has 2 aromatic rings. The van der Waals surface area contributed by atoms with Crippen molar-refractivity contribution in [1.82, 2.24) is 19.6 Å². The Morgan fingerprint density at radius 2 is 2.36 bits per heavy atom. The molecular formula is C8H11N5O. The monoisotopic (exact) mass is 193 g/mol. The minimum atomic E-state index is -0.447. The summed E-state index contributed by atoms with van der Waals surface area (Å²) < 4.78 is 1.59. The second-order valence-electron chi connectivity index (χ2n) is 3.17. The molecule has 0 fully saturated rings. The van der Waals surface area contributed by atoms with Gasteiger partial charge in [0.15, 0.2) is 5.82 Å². The number of imidazole rings is 1. The Morgan fingerprint density at radius 1 is 1.57 bits per heavy atom. The smallest absolute Gasteiger partial charge is 0.153 e. The van der Waals surface area contributed by atoms with Gasteiger partial charge in [0, 0.05) is 6.42 Å². The molecule has 0 bridgehead atoms. The van der Waals surface area contributed by atoms with Crippen LogP contribution in [0.1, 0.15) is 12.7 Å². The Labute approximate surface area is 80.4 Å². The fourth-order valence-corrected chi connectivity index (χ4v) is 1.30. The van der Waals surface area contributed by atoms with E-state index in [0.717, 1.165) is 0 Å². The van der Waals surface area contributed by atoms with E-state index < -0.39 is 6.10 Å². The fourth-order valence-electron chi connectivity index (χ4n) is 1.30. The van der Waals surface area contributed by atoms with E-state index in [1.54, 1.807) is 17.6 Å². The van der Waals surface area contributed by atoms with Gasteiger partial charge in [0.1, 0.15) is 17.7 Å². The van der Waals surface area contributed by atoms with Crippen molar-refractivity contribution in [2.75, 3.05) is 5.73 Å². The fraction of sp³-hybridized carbons (Fsp3) is 0.375. The molecule has 2 aromatic heterocycles. The second-order valence-corrected chi connectivity index (χ2v) is 3.17. The third kappa shape index (κ3) is 1.39. The maximum absolute atomic E-state index is 9.22. The van der Waals surface area contributed by atoms with E-state index in [4.69, 9.17) is 5.73 Å². The van der Waals surface area contributed by atoms with E-state index in [2.05, 4.69) is 15.1 Å². The van der Waals surface area contributed by atoms with Gasteiger partial charge in [-0.15, -0.1) is 0 Å². The van der Waals surface area contributed by atoms with Crippen LogP contribution < -0.4 is 5.73 Å². The summed E-state index contributed by atoms with van der Waals surface area (Å²) in [7, 11) is 0. The van der Waals surface area contributed by atoms with Crippen molar-refractivity contribution in [3.05, 3.63) is 18.3 Å². The number of rotatable bonds is 2. The zero-order valence-corrected chi connectivity index (χ0v) is 7.75. The maximum atomic E-state index is 9.22. The first kappa shape index (κ1) is 8.89. The Kier molecular flexibility index (Phi) is 2.05. The summed E-state index contributed by atoms with van der Waals surface area (Å²) in [5.74, 6) is 1.08. The highest BCUT2D eigenvalue weighted by atomic mass is 16.3. The topological polar surface area (TPSA) is 89.3 Å². The SMILES string of the molecule is C[C@@H](O)Cc1ncc2c(N)ncnn12. The van der Waals surface area contributed by atoms with E-state index >= 15 is 0 Å². The minimum absolute atomic E-state index is 0.393. The molecule has 3 N–H and O–H groups in total. The molecule has 0 aromatic carbocycles. The first-order valence-corrected chi connectivity index (χ1v) is 4.29. The van der Waals surface area contributed by atoms with Crippen LogP contribution in [0.15, 0.2) is 12.5 Å². The van der Waals surface area contributed by atoms with Crippen LogP contribution in [0.5, 0.6) is 0 Å². The van der Waals surface area contributed by atoms with Crippen molar-refractivity contribution < 1.29 is 5.11 Å². The average molecular weight is 193 g/mol. The lowest BCUT2D eigenvalue weighted by Gasteiger charge is -2.02. The lowest BCUT2D eigenvalue weighted by Crippen LogP contribution is -2.09. The van der Waals surface area contributed by atoms with Crippen molar-refractivity contribution in [2.45, 2.75) is 19.4 Å². The van der Waals surface area contributed by atoms with E-state index in [1.807, 2.05) is 0 Å². The van der Waals surface area contributed by atoms with Crippen molar-refractivity contribution in [1.29, 1.82) is 0 Å². The molecule has 0 saturated heterocycles. The molecule has 0 aliphatic rings. The second kappa shape index (κ2) is 3.22. The van der Waals surface area contributed by atoms with E-state index in [9.17, 15) is 5.11 Å². The number of aliphatic hydroxyl groups is 1. The van der Waals surface area contributed by atoms with Gasteiger partial charge in [-0.25, -0.2) is 14.5 Å². The molecule has 0 saturated carbocycles. The number of nitrogens with two attached hydrogens (primary N) is 1. The predicted molar refractivity (Wildman–Crippen MR) is 50.6 cm³/mol. The molecule has 6 nitrogen and oxygen atoms in total. The Bertz CT molecular complexity index is 450. The normalized spacial score (nSPS) is 13.3. The molecular weight excluding hydrogens is 182 g/mol. The molecule has 6 heteroatoms. The standard InChI is InChI=1S/C8H11N5O/c1-5(14)2-7-10-3-6-8(9)11-4-12-13(6)7/h3-5,14H,2H2,1H3,(H2,9,11,12)/t5-/m1/s1. The number of aromatic nitrogens is 4. The third-order valence-electron chi connectivity index (χ3n) is 1.91. The number of fused-ring (bicyclic) bond motifs is 1. The molecule has 0 aliphatic carbocycles. The van der Waals surface area contributed by atoms with Gasteiger partial charge in [0.2, 0.25) is 0 Å². The number of nitrogens with zero attached hydrogens (tertiary/aromatic N) is 4. The maximum Gasteiger partial charge on any atom is 0.153 e. The molecule has 74 valence electrons. The molecule has 2 rings (SSSR count). The van der Waals surface area contributed by atoms with Gasteiger partial charge in [0.25, 0.3) is 0 Å². The number of aliphatic hydroxyl groups excluding tert-OH is 1. The van der Waals surface area contributed by atoms with Crippen LogP contribution in [0.2, 0.25) is 0 Å². The van der Waals surface area contributed by atoms with Crippen molar-refractivity contribution in [3.8, 4) is 0 Å². The van der Waals surface area contributed by atoms with E-state index in [1.165, 1.54) is 6.33 Å². The van der Waals surface area contributed by atoms with Crippen LogP contribution in [0.3, 0.4) is 0 Å². The summed E-state index contributed by atoms with van der Waals surface area (Å²) in [6.45, 7) is 1.70. The van der Waals surface area contributed by atoms with Gasteiger partial charge in [0.05, 0.1) is 12.3 Å². The van der Waals surface area contributed by atoms with Gasteiger partial charge in [-0.2, -0.15) is 5.10 Å². The summed E-state index contributed by atoms with van der Waals surface area (Å²) in [4.78, 5) is 7.96. The van der Waals surface area contributed by atoms with Gasteiger partial charge in [-0.05, 0) is 6.92 Å². The number of nitrogen functional groups attached to an aromatic ring is 1. The number of hydrogen-bond donors (Lipinski definition) is 2. The van der Waals surface area contributed by atoms with Crippen LogP contribution in [0.4, 0.5) is 5.82 Å². The lowest BCUT2D eigenvalue weighted by atomic mass is 10.3. The average Bonchev–Trinajstić information content (AvgIpc) is 2.49. The molecule has 0 aliphatic heterocycles. The first-order chi connectivity index (χ1) is 6.68. The largest absolute Gasteiger partial charge is 0.393 e. The Hall–Kier alpha value is -1.69. The molecule has 14 heavy (non-hydrogen) atoms. The van der Waals surface area contributed by atoms with Crippen LogP contribution in [0, 0.1) is 0 Å². The third-order valence-corrected chi connectivity index (χ3v) is 1.91. The highest BCUT2D eigenvalue weighted by molar-refractivity contribution is 5.63. The van der Waals surface area contributed by atoms with Gasteiger partial charge < -0.3 is 10.8 Å². The zero-order valence-electron chi connectivity index (χ0n) is 7.75. The van der Waals surface area contributed by atoms with E-state index in [0.29, 0.717) is 23.6 Å². The Balaban J connectivity index is 2.52. The molecule has 0 unspecified atom stereocenters. The van der Waals surface area contributed by atoms with Gasteiger partial charge in [-0.1, -0.05) is 0 Å². The molecule has 0 spiro atoms. The van der Waals surface area contributed by atoms with Gasteiger partial charge in [-0.3, -0.25) is 0 Å². The van der Waals surface area contributed by atoms with Crippen LogP contribution in [0.25, 0.3) is 5.52 Å². The summed E-state index contributed by atoms with van der Waals surface area (Å²) in [5.41, 5.74) is 6.30. The molecule has 0 amide bonds. The zero-order chi connectivity index (χ0) is 10.1. The molecule has 1 atom stereocenters. The van der Waals surface area contributed by atoms with Crippen LogP contribution >= 0.6 is 0 Å². The molecule has 0 radical (unpaired) electrons. The first-order valence-electron chi connectivity index (χ1n) is 4.29. The summed E-state index contributed by atoms with van der Waals surface area (Å²) in [6, 6.07) is 0. The highest BCUT2D eigenvalue weighted by Crippen LogP contribution is 2.10. The van der Waals surface area contributed by atoms with Crippen molar-refractivity contribution in [3.63, 3.8) is 0 Å². The summed E-state index contributed by atoms with van der Waals surface area (Å²) in [6.07, 6.45) is 2.98. The quantitative estimate of drug-likeness (QED) is 0.679. The van der Waals surface area contributed by atoms with Crippen molar-refractivity contribution >= 4 is 11.3 Å². The summed E-state index contributed by atoms with van der Waals surface area (Å²) in [5, 5.41) is 13.2. The van der Waals surface area contributed by atoms with Gasteiger partial charge >= 0.3 is 0 Å². The lowest BCUT2D eigenvalue weighted by molar-refractivity contribution is 0.192. The van der Waals surface area contributed by atoms with E-state index in [-0.39, 0.29) is 0 Å². The predicted octanol–water partition coefficient (Wildman–Crippen LogP) is -0.370. The van der Waals surface area contributed by atoms with Crippen molar-refractivity contribution in [2.24, 2.45) is 0 Å².